The molecule has 0 bridgehead atoms. The number of nitrogens with one attached hydrogen (secondary N) is 2. The van der Waals surface area contributed by atoms with Crippen LogP contribution in [0.15, 0.2) is 29.5 Å². The van der Waals surface area contributed by atoms with Crippen molar-refractivity contribution in [1.82, 2.24) is 14.8 Å². The molecule has 2 N–H and O–H groups in total. The fourth-order valence-electron chi connectivity index (χ4n) is 4.24. The molecule has 4 atom stereocenters. The second-order valence-corrected chi connectivity index (χ2v) is 9.88. The molecule has 1 amide bonds. The number of carbonyl (C=O) groups excluding carboxylic acids is 1. The Morgan fingerprint density at radius 3 is 2.61 bits per heavy atom. The number of hydrogen-bond donors (Lipinski definition) is 2. The van der Waals surface area contributed by atoms with Gasteiger partial charge in [-0.2, -0.15) is 5.10 Å². The molecule has 0 unspecified atom stereocenters. The molecular weight excluding hydrogens is 437 g/mol. The molecule has 3 rings (SSSR count). The van der Waals surface area contributed by atoms with Crippen molar-refractivity contribution in [2.75, 3.05) is 10.6 Å². The fourth-order valence-corrected chi connectivity index (χ4v) is 4.59. The zero-order valence-electron chi connectivity index (χ0n) is 18.4. The van der Waals surface area contributed by atoms with Crippen LogP contribution in [0.3, 0.4) is 0 Å². The van der Waals surface area contributed by atoms with E-state index >= 15 is 0 Å². The molecule has 31 heavy (non-hydrogen) atoms. The fraction of sp³-hybridized carbons (Fsp3) is 0.545. The van der Waals surface area contributed by atoms with Gasteiger partial charge in [0.2, 0.25) is 5.91 Å². The molecule has 1 aliphatic carbocycles. The van der Waals surface area contributed by atoms with E-state index in [9.17, 15) is 9.59 Å². The van der Waals surface area contributed by atoms with E-state index in [1.165, 1.54) is 18.6 Å². The Hall–Kier alpha value is -2.12. The lowest BCUT2D eigenvalue weighted by Gasteiger charge is -2.50. The maximum atomic E-state index is 12.7. The van der Waals surface area contributed by atoms with Crippen LogP contribution < -0.4 is 16.2 Å². The highest BCUT2D eigenvalue weighted by Crippen LogP contribution is 2.48. The number of anilines is 2. The molecule has 9 heteroatoms. The van der Waals surface area contributed by atoms with Gasteiger partial charge in [-0.25, -0.2) is 4.68 Å². The minimum absolute atomic E-state index is 0.0274. The Morgan fingerprint density at radius 2 is 1.94 bits per heavy atom. The third-order valence-corrected chi connectivity index (χ3v) is 7.83. The summed E-state index contributed by atoms with van der Waals surface area (Å²) in [6, 6.07) is 1.75. The van der Waals surface area contributed by atoms with E-state index in [1.54, 1.807) is 6.07 Å². The number of aromatic nitrogens is 3. The number of pyridine rings is 1. The average molecular weight is 466 g/mol. The molecular formula is C22H29Cl2N5O2. The van der Waals surface area contributed by atoms with Crippen molar-refractivity contribution < 1.29 is 4.79 Å². The summed E-state index contributed by atoms with van der Waals surface area (Å²) in [5.41, 5.74) is 0.579. The lowest BCUT2D eigenvalue weighted by Crippen LogP contribution is -2.48. The Labute approximate surface area is 192 Å². The highest BCUT2D eigenvalue weighted by Gasteiger charge is 2.43. The molecule has 0 aromatic carbocycles. The molecule has 7 nitrogen and oxygen atoms in total. The van der Waals surface area contributed by atoms with Gasteiger partial charge in [0, 0.05) is 12.2 Å². The maximum Gasteiger partial charge on any atom is 0.288 e. The van der Waals surface area contributed by atoms with Gasteiger partial charge in [0.05, 0.1) is 28.8 Å². The standard InChI is InChI=1S/C22H29Cl2N5O2/c1-12-8-16(13(2)14(3)22(12,4)5)27-18-10-26-29(21(31)20(18)24)11-19(30)28-17-9-25-7-6-15(17)23/h6-7,9-10,12-14,16,27H,8,11H2,1-5H3,(H,28,30)/t12-,13+,14+,16+/m0/s1. The van der Waals surface area contributed by atoms with Crippen molar-refractivity contribution in [3.05, 3.63) is 45.1 Å². The first-order chi connectivity index (χ1) is 14.5. The van der Waals surface area contributed by atoms with Crippen LogP contribution in [0.5, 0.6) is 0 Å². The van der Waals surface area contributed by atoms with E-state index in [2.05, 4.69) is 55.3 Å². The predicted octanol–water partition coefficient (Wildman–Crippen LogP) is 4.70. The van der Waals surface area contributed by atoms with Crippen molar-refractivity contribution >= 4 is 40.5 Å². The molecule has 0 radical (unpaired) electrons. The number of nitrogens with zero attached hydrogens (tertiary/aromatic N) is 3. The Morgan fingerprint density at radius 1 is 1.23 bits per heavy atom. The van der Waals surface area contributed by atoms with Crippen molar-refractivity contribution in [1.29, 1.82) is 0 Å². The molecule has 1 aliphatic rings. The monoisotopic (exact) mass is 465 g/mol. The average Bonchev–Trinajstić information content (AvgIpc) is 2.72. The van der Waals surface area contributed by atoms with Gasteiger partial charge in [0.25, 0.3) is 5.56 Å². The number of hydrogen-bond acceptors (Lipinski definition) is 5. The number of carbonyl (C=O) groups is 1. The zero-order chi connectivity index (χ0) is 22.9. The largest absolute Gasteiger partial charge is 0.379 e. The van der Waals surface area contributed by atoms with Crippen LogP contribution in [0, 0.1) is 23.2 Å². The van der Waals surface area contributed by atoms with E-state index in [0.717, 1.165) is 11.1 Å². The molecule has 0 aliphatic heterocycles. The molecule has 0 saturated heterocycles. The molecule has 2 aromatic rings. The van der Waals surface area contributed by atoms with Gasteiger partial charge in [0.1, 0.15) is 11.6 Å². The molecule has 2 heterocycles. The summed E-state index contributed by atoms with van der Waals surface area (Å²) in [5.74, 6) is 0.974. The van der Waals surface area contributed by atoms with Gasteiger partial charge in [-0.1, -0.05) is 57.8 Å². The maximum absolute atomic E-state index is 12.7. The first-order valence-corrected chi connectivity index (χ1v) is 11.2. The lowest BCUT2D eigenvalue weighted by molar-refractivity contribution is -0.117. The first-order valence-electron chi connectivity index (χ1n) is 10.4. The Balaban J connectivity index is 1.73. The summed E-state index contributed by atoms with van der Waals surface area (Å²) in [4.78, 5) is 28.9. The number of rotatable bonds is 5. The van der Waals surface area contributed by atoms with E-state index in [4.69, 9.17) is 23.2 Å². The third-order valence-electron chi connectivity index (χ3n) is 7.14. The van der Waals surface area contributed by atoms with Crippen LogP contribution >= 0.6 is 23.2 Å². The van der Waals surface area contributed by atoms with Crippen molar-refractivity contribution in [2.45, 2.75) is 53.6 Å². The lowest BCUT2D eigenvalue weighted by atomic mass is 9.58. The van der Waals surface area contributed by atoms with E-state index < -0.39 is 11.5 Å². The first kappa shape index (κ1) is 23.5. The number of halogens is 2. The van der Waals surface area contributed by atoms with Crippen LogP contribution in [0.4, 0.5) is 11.4 Å². The molecule has 168 valence electrons. The summed E-state index contributed by atoms with van der Waals surface area (Å²) >= 11 is 12.4. The van der Waals surface area contributed by atoms with Crippen LogP contribution in [-0.2, 0) is 11.3 Å². The van der Waals surface area contributed by atoms with Crippen LogP contribution in [0.1, 0.15) is 41.0 Å². The van der Waals surface area contributed by atoms with E-state index in [1.807, 2.05) is 0 Å². The molecule has 1 fully saturated rings. The topological polar surface area (TPSA) is 88.9 Å². The summed E-state index contributed by atoms with van der Waals surface area (Å²) in [6.07, 6.45) is 5.44. The second-order valence-electron chi connectivity index (χ2n) is 9.10. The summed E-state index contributed by atoms with van der Waals surface area (Å²) in [5, 5.41) is 10.6. The molecule has 2 aromatic heterocycles. The van der Waals surface area contributed by atoms with Crippen LogP contribution in [0.25, 0.3) is 0 Å². The summed E-state index contributed by atoms with van der Waals surface area (Å²) in [6.45, 7) is 11.1. The highest BCUT2D eigenvalue weighted by molar-refractivity contribution is 6.33. The minimum Gasteiger partial charge on any atom is -0.379 e. The van der Waals surface area contributed by atoms with Gasteiger partial charge in [-0.3, -0.25) is 14.6 Å². The number of amides is 1. The van der Waals surface area contributed by atoms with Crippen LogP contribution in [0.2, 0.25) is 10.0 Å². The van der Waals surface area contributed by atoms with Gasteiger partial charge in [0.15, 0.2) is 0 Å². The van der Waals surface area contributed by atoms with Crippen molar-refractivity contribution in [3.8, 4) is 0 Å². The van der Waals surface area contributed by atoms with Gasteiger partial charge < -0.3 is 10.6 Å². The third kappa shape index (κ3) is 4.88. The SMILES string of the molecule is C[C@@H]1[C@@H](C)C(C)(C)[C@@H](C)C[C@H]1Nc1cnn(CC(=O)Nc2cnccc2Cl)c(=O)c1Cl. The van der Waals surface area contributed by atoms with Crippen LogP contribution in [-0.4, -0.2) is 26.7 Å². The summed E-state index contributed by atoms with van der Waals surface area (Å²) in [7, 11) is 0. The molecule has 0 spiro atoms. The highest BCUT2D eigenvalue weighted by atomic mass is 35.5. The van der Waals surface area contributed by atoms with E-state index in [0.29, 0.717) is 34.2 Å². The minimum atomic E-state index is -0.524. The van der Waals surface area contributed by atoms with Gasteiger partial charge >= 0.3 is 0 Å². The zero-order valence-corrected chi connectivity index (χ0v) is 20.0. The quantitative estimate of drug-likeness (QED) is 0.667. The predicted molar refractivity (Wildman–Crippen MR) is 125 cm³/mol. The van der Waals surface area contributed by atoms with Gasteiger partial charge in [-0.15, -0.1) is 0 Å². The van der Waals surface area contributed by atoms with Crippen molar-refractivity contribution in [3.63, 3.8) is 0 Å². The van der Waals surface area contributed by atoms with E-state index in [-0.39, 0.29) is 23.0 Å². The smallest absolute Gasteiger partial charge is 0.288 e. The Bertz CT molecular complexity index is 1020. The second kappa shape index (κ2) is 9.17. The normalized spacial score (nSPS) is 25.1. The molecule has 1 saturated carbocycles. The summed E-state index contributed by atoms with van der Waals surface area (Å²) < 4.78 is 1.03. The van der Waals surface area contributed by atoms with Crippen molar-refractivity contribution in [2.24, 2.45) is 23.2 Å². The van der Waals surface area contributed by atoms with Gasteiger partial charge in [-0.05, 0) is 35.7 Å². The Kier molecular flexibility index (Phi) is 6.96.